The van der Waals surface area contributed by atoms with Crippen molar-refractivity contribution in [3.63, 3.8) is 0 Å². The molecule has 0 atom stereocenters. The zero-order valence-corrected chi connectivity index (χ0v) is 17.2. The van der Waals surface area contributed by atoms with E-state index in [-0.39, 0.29) is 48.5 Å². The number of halogens is 2. The van der Waals surface area contributed by atoms with E-state index in [1.807, 2.05) is 20.8 Å². The van der Waals surface area contributed by atoms with Gasteiger partial charge in [-0.15, -0.1) is 0 Å². The fourth-order valence-corrected chi connectivity index (χ4v) is 2.48. The Kier molecular flexibility index (Phi) is 8.62. The van der Waals surface area contributed by atoms with Gasteiger partial charge in [0.25, 0.3) is 0 Å². The number of amides is 2. The second-order valence-electron chi connectivity index (χ2n) is 7.58. The first-order chi connectivity index (χ1) is 12.9. The fourth-order valence-electron chi connectivity index (χ4n) is 2.48. The van der Waals surface area contributed by atoms with Crippen molar-refractivity contribution in [2.45, 2.75) is 39.5 Å². The minimum atomic E-state index is -2.95. The lowest BCUT2D eigenvalue weighted by molar-refractivity contribution is -0.132. The molecule has 9 heteroatoms. The first-order valence-corrected chi connectivity index (χ1v) is 8.76. The molecule has 0 saturated heterocycles. The summed E-state index contributed by atoms with van der Waals surface area (Å²) in [5.74, 6) is -0.253. The van der Waals surface area contributed by atoms with Crippen molar-refractivity contribution in [1.82, 2.24) is 15.1 Å². The Bertz CT molecular complexity index is 678. The maximum atomic E-state index is 12.4. The van der Waals surface area contributed by atoms with E-state index in [1.54, 1.807) is 31.1 Å². The third-order valence-electron chi connectivity index (χ3n) is 3.62. The predicted molar refractivity (Wildman–Crippen MR) is 101 cm³/mol. The number of nitrogens with one attached hydrogen (secondary N) is 1. The van der Waals surface area contributed by atoms with Crippen LogP contribution in [0.15, 0.2) is 18.2 Å². The fraction of sp³-hybridized carbons (Fsp3) is 0.579. The molecule has 7 nitrogen and oxygen atoms in total. The average Bonchev–Trinajstić information content (AvgIpc) is 2.53. The van der Waals surface area contributed by atoms with Crippen LogP contribution in [0.3, 0.4) is 0 Å². The van der Waals surface area contributed by atoms with Gasteiger partial charge in [0.1, 0.15) is 0 Å². The molecule has 0 aromatic heterocycles. The minimum absolute atomic E-state index is 0.0672. The molecule has 1 aromatic rings. The van der Waals surface area contributed by atoms with E-state index >= 15 is 0 Å². The Hall–Kier alpha value is -2.42. The molecule has 158 valence electrons. The largest absolute Gasteiger partial charge is 0.493 e. The van der Waals surface area contributed by atoms with Gasteiger partial charge in [-0.25, -0.2) is 0 Å². The van der Waals surface area contributed by atoms with Crippen LogP contribution in [0.5, 0.6) is 11.5 Å². The van der Waals surface area contributed by atoms with Crippen molar-refractivity contribution in [3.05, 3.63) is 23.8 Å². The van der Waals surface area contributed by atoms with E-state index < -0.39 is 6.61 Å². The highest BCUT2D eigenvalue weighted by atomic mass is 19.3. The zero-order chi connectivity index (χ0) is 21.5. The molecule has 0 fully saturated rings. The molecule has 28 heavy (non-hydrogen) atoms. The first-order valence-electron chi connectivity index (χ1n) is 8.76. The van der Waals surface area contributed by atoms with E-state index in [4.69, 9.17) is 4.74 Å². The molecule has 0 heterocycles. The third kappa shape index (κ3) is 8.51. The van der Waals surface area contributed by atoms with E-state index in [0.717, 1.165) is 0 Å². The van der Waals surface area contributed by atoms with Crippen molar-refractivity contribution in [1.29, 1.82) is 0 Å². The monoisotopic (exact) mass is 401 g/mol. The van der Waals surface area contributed by atoms with Gasteiger partial charge >= 0.3 is 6.61 Å². The van der Waals surface area contributed by atoms with Crippen LogP contribution in [0.4, 0.5) is 8.78 Å². The molecule has 1 rings (SSSR count). The summed E-state index contributed by atoms with van der Waals surface area (Å²) in [5.41, 5.74) is 0.361. The van der Waals surface area contributed by atoms with Crippen LogP contribution >= 0.6 is 0 Å². The second-order valence-corrected chi connectivity index (χ2v) is 7.58. The Balaban J connectivity index is 2.63. The number of methoxy groups -OCH3 is 1. The molecule has 0 saturated carbocycles. The molecule has 0 radical (unpaired) electrons. The molecule has 0 aliphatic rings. The summed E-state index contributed by atoms with van der Waals surface area (Å²) in [4.78, 5) is 27.4. The predicted octanol–water partition coefficient (Wildman–Crippen LogP) is 2.10. The summed E-state index contributed by atoms with van der Waals surface area (Å²) in [6.45, 7) is 3.13. The number of nitrogens with zero attached hydrogens (tertiary/aromatic N) is 2. The topological polar surface area (TPSA) is 71.1 Å². The van der Waals surface area contributed by atoms with Gasteiger partial charge < -0.3 is 19.7 Å². The van der Waals surface area contributed by atoms with Gasteiger partial charge in [0, 0.05) is 19.1 Å². The molecule has 0 aliphatic heterocycles. The summed E-state index contributed by atoms with van der Waals surface area (Å²) in [6.07, 6.45) is 0. The van der Waals surface area contributed by atoms with Crippen molar-refractivity contribution in [2.24, 2.45) is 0 Å². The first kappa shape index (κ1) is 23.6. The highest BCUT2D eigenvalue weighted by Gasteiger charge is 2.18. The number of hydrogen-bond donors (Lipinski definition) is 1. The maximum Gasteiger partial charge on any atom is 0.387 e. The van der Waals surface area contributed by atoms with Gasteiger partial charge in [0.2, 0.25) is 11.8 Å². The Morgan fingerprint density at radius 1 is 1.14 bits per heavy atom. The summed E-state index contributed by atoms with van der Waals surface area (Å²) < 4.78 is 34.2. The quantitative estimate of drug-likeness (QED) is 0.686. The standard InChI is InChI=1S/C19H29F2N3O4/c1-19(2,3)22-16(25)11-23(4)12-17(26)24(5)10-13-7-8-14(28-18(20)21)15(9-13)27-6/h7-9,18H,10-12H2,1-6H3,(H,22,25). The van der Waals surface area contributed by atoms with Gasteiger partial charge in [-0.2, -0.15) is 8.78 Å². The number of carbonyl (C=O) groups is 2. The zero-order valence-electron chi connectivity index (χ0n) is 17.2. The lowest BCUT2D eigenvalue weighted by Crippen LogP contribution is -2.46. The molecular formula is C19H29F2N3O4. The van der Waals surface area contributed by atoms with Gasteiger partial charge in [0.05, 0.1) is 20.2 Å². The normalized spacial score (nSPS) is 11.5. The van der Waals surface area contributed by atoms with Gasteiger partial charge in [-0.05, 0) is 45.5 Å². The SMILES string of the molecule is COc1cc(CN(C)C(=O)CN(C)CC(=O)NC(C)(C)C)ccc1OC(F)F. The molecule has 0 bridgehead atoms. The maximum absolute atomic E-state index is 12.4. The van der Waals surface area contributed by atoms with E-state index in [0.29, 0.717) is 5.56 Å². The van der Waals surface area contributed by atoms with Crippen LogP contribution in [-0.4, -0.2) is 68.1 Å². The third-order valence-corrected chi connectivity index (χ3v) is 3.62. The molecule has 0 spiro atoms. The van der Waals surface area contributed by atoms with Crippen LogP contribution in [0.25, 0.3) is 0 Å². The molecule has 0 aliphatic carbocycles. The van der Waals surface area contributed by atoms with Gasteiger partial charge in [-0.3, -0.25) is 14.5 Å². The van der Waals surface area contributed by atoms with E-state index in [1.165, 1.54) is 18.1 Å². The van der Waals surface area contributed by atoms with Crippen LogP contribution < -0.4 is 14.8 Å². The molecule has 1 N–H and O–H groups in total. The number of hydrogen-bond acceptors (Lipinski definition) is 5. The highest BCUT2D eigenvalue weighted by molar-refractivity contribution is 5.81. The van der Waals surface area contributed by atoms with Crippen LogP contribution in [0, 0.1) is 0 Å². The van der Waals surface area contributed by atoms with Gasteiger partial charge in [0.15, 0.2) is 11.5 Å². The molecule has 1 aromatic carbocycles. The second kappa shape index (κ2) is 10.2. The number of alkyl halides is 2. The summed E-state index contributed by atoms with van der Waals surface area (Å²) in [6, 6.07) is 4.51. The molecule has 0 unspecified atom stereocenters. The number of rotatable bonds is 9. The minimum Gasteiger partial charge on any atom is -0.493 e. The number of carbonyl (C=O) groups excluding carboxylic acids is 2. The lowest BCUT2D eigenvalue weighted by atomic mass is 10.1. The Labute approximate surface area is 164 Å². The highest BCUT2D eigenvalue weighted by Crippen LogP contribution is 2.29. The number of ether oxygens (including phenoxy) is 2. The average molecular weight is 401 g/mol. The Morgan fingerprint density at radius 3 is 2.32 bits per heavy atom. The summed E-state index contributed by atoms with van der Waals surface area (Å²) in [7, 11) is 4.67. The molecular weight excluding hydrogens is 372 g/mol. The number of likely N-dealkylation sites (N-methyl/N-ethyl adjacent to an activating group) is 2. The van der Waals surface area contributed by atoms with Crippen molar-refractivity contribution in [2.75, 3.05) is 34.3 Å². The van der Waals surface area contributed by atoms with Crippen LogP contribution in [0.1, 0.15) is 26.3 Å². The van der Waals surface area contributed by atoms with Crippen molar-refractivity contribution in [3.8, 4) is 11.5 Å². The Morgan fingerprint density at radius 2 is 1.79 bits per heavy atom. The van der Waals surface area contributed by atoms with Crippen molar-refractivity contribution >= 4 is 11.8 Å². The summed E-state index contributed by atoms with van der Waals surface area (Å²) >= 11 is 0. The summed E-state index contributed by atoms with van der Waals surface area (Å²) in [5, 5.41) is 2.84. The van der Waals surface area contributed by atoms with E-state index in [9.17, 15) is 18.4 Å². The van der Waals surface area contributed by atoms with Crippen LogP contribution in [-0.2, 0) is 16.1 Å². The van der Waals surface area contributed by atoms with E-state index in [2.05, 4.69) is 10.1 Å². The lowest BCUT2D eigenvalue weighted by Gasteiger charge is -2.24. The molecule has 2 amide bonds. The smallest absolute Gasteiger partial charge is 0.387 e. The van der Waals surface area contributed by atoms with Crippen molar-refractivity contribution < 1.29 is 27.8 Å². The van der Waals surface area contributed by atoms with Gasteiger partial charge in [-0.1, -0.05) is 6.07 Å². The van der Waals surface area contributed by atoms with Crippen LogP contribution in [0.2, 0.25) is 0 Å². The number of benzene rings is 1.